The first kappa shape index (κ1) is 11.9. The zero-order chi connectivity index (χ0) is 11.8. The summed E-state index contributed by atoms with van der Waals surface area (Å²) in [4.78, 5) is 11.8. The molecular weight excluding hydrogens is 296 g/mol. The Morgan fingerprint density at radius 3 is 2.75 bits per heavy atom. The highest BCUT2D eigenvalue weighted by Crippen LogP contribution is 2.37. The van der Waals surface area contributed by atoms with Crippen LogP contribution >= 0.6 is 27.5 Å². The highest BCUT2D eigenvalue weighted by molar-refractivity contribution is 9.09. The van der Waals surface area contributed by atoms with Crippen molar-refractivity contribution in [1.29, 1.82) is 0 Å². The van der Waals surface area contributed by atoms with E-state index in [0.29, 0.717) is 5.33 Å². The van der Waals surface area contributed by atoms with Gasteiger partial charge in [0.25, 0.3) is 5.91 Å². The van der Waals surface area contributed by atoms with Crippen LogP contribution in [-0.2, 0) is 0 Å². The molecule has 1 saturated carbocycles. The van der Waals surface area contributed by atoms with Crippen LogP contribution in [0.5, 0.6) is 0 Å². The third-order valence-electron chi connectivity index (χ3n) is 2.68. The van der Waals surface area contributed by atoms with Crippen LogP contribution in [0.25, 0.3) is 0 Å². The van der Waals surface area contributed by atoms with Crippen molar-refractivity contribution in [2.24, 2.45) is 0 Å². The fourth-order valence-corrected chi connectivity index (χ4v) is 2.41. The van der Waals surface area contributed by atoms with Crippen molar-refractivity contribution >= 4 is 33.4 Å². The Morgan fingerprint density at radius 2 is 2.25 bits per heavy atom. The molecule has 0 atom stereocenters. The van der Waals surface area contributed by atoms with E-state index in [1.807, 2.05) is 0 Å². The van der Waals surface area contributed by atoms with Crippen molar-refractivity contribution in [3.05, 3.63) is 34.6 Å². The molecule has 0 heterocycles. The number of carbonyl (C=O) groups excluding carboxylic acids is 1. The molecule has 1 aliphatic carbocycles. The van der Waals surface area contributed by atoms with Crippen LogP contribution in [0.15, 0.2) is 18.2 Å². The first-order valence-corrected chi connectivity index (χ1v) is 6.40. The summed E-state index contributed by atoms with van der Waals surface area (Å²) in [7, 11) is 0. The molecule has 16 heavy (non-hydrogen) atoms. The number of amides is 1. The van der Waals surface area contributed by atoms with E-state index in [-0.39, 0.29) is 16.1 Å². The number of alkyl halides is 1. The Balaban J connectivity index is 2.21. The molecule has 0 aliphatic heterocycles. The summed E-state index contributed by atoms with van der Waals surface area (Å²) in [6.45, 7) is 0. The predicted octanol–water partition coefficient (Wildman–Crippen LogP) is 3.14. The molecule has 1 aliphatic rings. The molecule has 5 heteroatoms. The number of rotatable bonds is 3. The van der Waals surface area contributed by atoms with Gasteiger partial charge in [-0.15, -0.1) is 0 Å². The normalized spacial score (nSPS) is 16.9. The van der Waals surface area contributed by atoms with E-state index in [2.05, 4.69) is 21.2 Å². The standard InChI is InChI=1S/C11H10BrClFNO/c12-6-11(4-5-11)15-10(16)9-7(13)2-1-3-8(9)14/h1-3H,4-6H2,(H,15,16). The third kappa shape index (κ3) is 2.23. The lowest BCUT2D eigenvalue weighted by Crippen LogP contribution is -2.38. The molecule has 86 valence electrons. The van der Waals surface area contributed by atoms with Crippen molar-refractivity contribution in [2.75, 3.05) is 5.33 Å². The molecule has 2 rings (SSSR count). The number of carbonyl (C=O) groups is 1. The largest absolute Gasteiger partial charge is 0.346 e. The van der Waals surface area contributed by atoms with Gasteiger partial charge in [0.15, 0.2) is 0 Å². The van der Waals surface area contributed by atoms with Gasteiger partial charge in [-0.1, -0.05) is 33.6 Å². The SMILES string of the molecule is O=C(NC1(CBr)CC1)c1c(F)cccc1Cl. The van der Waals surface area contributed by atoms with Gasteiger partial charge in [0.1, 0.15) is 5.82 Å². The van der Waals surface area contributed by atoms with Crippen molar-refractivity contribution in [2.45, 2.75) is 18.4 Å². The van der Waals surface area contributed by atoms with E-state index >= 15 is 0 Å². The predicted molar refractivity (Wildman–Crippen MR) is 64.6 cm³/mol. The molecule has 1 N–H and O–H groups in total. The zero-order valence-electron chi connectivity index (χ0n) is 8.40. The van der Waals surface area contributed by atoms with Crippen LogP contribution in [0, 0.1) is 5.82 Å². The third-order valence-corrected chi connectivity index (χ3v) is 4.07. The molecule has 0 aromatic heterocycles. The van der Waals surface area contributed by atoms with E-state index in [1.165, 1.54) is 18.2 Å². The van der Waals surface area contributed by atoms with E-state index < -0.39 is 11.7 Å². The van der Waals surface area contributed by atoms with Crippen molar-refractivity contribution in [1.82, 2.24) is 5.32 Å². The summed E-state index contributed by atoms with van der Waals surface area (Å²) in [5.74, 6) is -1.03. The van der Waals surface area contributed by atoms with Crippen molar-refractivity contribution in [3.8, 4) is 0 Å². The fraction of sp³-hybridized carbons (Fsp3) is 0.364. The maximum atomic E-state index is 13.4. The van der Waals surface area contributed by atoms with Crippen LogP contribution in [0.1, 0.15) is 23.2 Å². The van der Waals surface area contributed by atoms with Crippen LogP contribution in [-0.4, -0.2) is 16.8 Å². The molecule has 2 nitrogen and oxygen atoms in total. The molecule has 1 aromatic rings. The monoisotopic (exact) mass is 305 g/mol. The molecule has 0 unspecified atom stereocenters. The summed E-state index contributed by atoms with van der Waals surface area (Å²) < 4.78 is 13.4. The summed E-state index contributed by atoms with van der Waals surface area (Å²) in [6, 6.07) is 4.22. The molecule has 0 spiro atoms. The molecular formula is C11H10BrClFNO. The zero-order valence-corrected chi connectivity index (χ0v) is 10.7. The Kier molecular flexibility index (Phi) is 3.22. The maximum absolute atomic E-state index is 13.4. The second-order valence-corrected chi connectivity index (χ2v) is 4.93. The summed E-state index contributed by atoms with van der Waals surface area (Å²) in [6.07, 6.45) is 1.83. The van der Waals surface area contributed by atoms with Gasteiger partial charge in [0.05, 0.1) is 16.1 Å². The average molecular weight is 307 g/mol. The number of nitrogens with one attached hydrogen (secondary N) is 1. The van der Waals surface area contributed by atoms with Gasteiger partial charge in [-0.25, -0.2) is 4.39 Å². The molecule has 1 amide bonds. The summed E-state index contributed by atoms with van der Waals surface area (Å²) in [5, 5.41) is 3.62. The summed E-state index contributed by atoms with van der Waals surface area (Å²) in [5.41, 5.74) is -0.278. The smallest absolute Gasteiger partial charge is 0.256 e. The van der Waals surface area contributed by atoms with Crippen LogP contribution in [0.4, 0.5) is 4.39 Å². The van der Waals surface area contributed by atoms with E-state index in [1.54, 1.807) is 0 Å². The van der Waals surface area contributed by atoms with Crippen molar-refractivity contribution < 1.29 is 9.18 Å². The summed E-state index contributed by atoms with van der Waals surface area (Å²) >= 11 is 9.13. The number of benzene rings is 1. The van der Waals surface area contributed by atoms with Gasteiger partial charge in [0, 0.05) is 5.33 Å². The molecule has 1 aromatic carbocycles. The molecule has 0 saturated heterocycles. The van der Waals surface area contributed by atoms with Gasteiger partial charge >= 0.3 is 0 Å². The fourth-order valence-electron chi connectivity index (χ4n) is 1.46. The molecule has 0 radical (unpaired) electrons. The highest BCUT2D eigenvalue weighted by Gasteiger charge is 2.43. The average Bonchev–Trinajstić information content (AvgIpc) is 2.98. The van der Waals surface area contributed by atoms with Gasteiger partial charge in [-0.05, 0) is 25.0 Å². The Morgan fingerprint density at radius 1 is 1.56 bits per heavy atom. The number of halogens is 3. The van der Waals surface area contributed by atoms with Crippen molar-refractivity contribution in [3.63, 3.8) is 0 Å². The lowest BCUT2D eigenvalue weighted by atomic mass is 10.2. The van der Waals surface area contributed by atoms with E-state index in [9.17, 15) is 9.18 Å². The lowest BCUT2D eigenvalue weighted by molar-refractivity contribution is 0.0932. The van der Waals surface area contributed by atoms with Gasteiger partial charge < -0.3 is 5.32 Å². The van der Waals surface area contributed by atoms with E-state index in [4.69, 9.17) is 11.6 Å². The topological polar surface area (TPSA) is 29.1 Å². The van der Waals surface area contributed by atoms with Gasteiger partial charge in [-0.2, -0.15) is 0 Å². The molecule has 1 fully saturated rings. The Hall–Kier alpha value is -0.610. The maximum Gasteiger partial charge on any atom is 0.256 e. The van der Waals surface area contributed by atoms with E-state index in [0.717, 1.165) is 12.8 Å². The minimum absolute atomic E-state index is 0.0728. The second-order valence-electron chi connectivity index (χ2n) is 3.96. The Labute approximate surface area is 106 Å². The number of hydrogen-bond donors (Lipinski definition) is 1. The molecule has 0 bridgehead atoms. The quantitative estimate of drug-likeness (QED) is 0.854. The minimum Gasteiger partial charge on any atom is -0.346 e. The second kappa shape index (κ2) is 4.34. The first-order chi connectivity index (χ1) is 7.58. The number of hydrogen-bond acceptors (Lipinski definition) is 1. The van der Waals surface area contributed by atoms with Crippen LogP contribution < -0.4 is 5.32 Å². The van der Waals surface area contributed by atoms with Crippen LogP contribution in [0.3, 0.4) is 0 Å². The highest BCUT2D eigenvalue weighted by atomic mass is 79.9. The lowest BCUT2D eigenvalue weighted by Gasteiger charge is -2.15. The van der Waals surface area contributed by atoms with Gasteiger partial charge in [-0.3, -0.25) is 4.79 Å². The minimum atomic E-state index is -0.588. The van der Waals surface area contributed by atoms with Crippen LogP contribution in [0.2, 0.25) is 5.02 Å². The first-order valence-electron chi connectivity index (χ1n) is 4.90. The van der Waals surface area contributed by atoms with Gasteiger partial charge in [0.2, 0.25) is 0 Å². The Bertz CT molecular complexity index is 414.